The van der Waals surface area contributed by atoms with Crippen molar-refractivity contribution < 1.29 is 28.6 Å². The van der Waals surface area contributed by atoms with E-state index >= 15 is 0 Å². The van der Waals surface area contributed by atoms with Crippen molar-refractivity contribution >= 4 is 51.4 Å². The summed E-state index contributed by atoms with van der Waals surface area (Å²) in [5, 5.41) is 4.49. The van der Waals surface area contributed by atoms with Crippen molar-refractivity contribution in [3.05, 3.63) is 100 Å². The van der Waals surface area contributed by atoms with Gasteiger partial charge in [-0.05, 0) is 84.1 Å². The van der Waals surface area contributed by atoms with Crippen LogP contribution in [0.5, 0.6) is 17.2 Å². The zero-order chi connectivity index (χ0) is 29.6. The fourth-order valence-electron chi connectivity index (χ4n) is 4.47. The number of aryl methyl sites for hydroxylation is 2. The number of rotatable bonds is 10. The molecule has 1 aliphatic rings. The summed E-state index contributed by atoms with van der Waals surface area (Å²) in [4.78, 5) is 39.5. The number of benzene rings is 4. The summed E-state index contributed by atoms with van der Waals surface area (Å²) in [7, 11) is 1.49. The highest BCUT2D eigenvalue weighted by atomic mass is 32.2. The van der Waals surface area contributed by atoms with Crippen LogP contribution in [0.2, 0.25) is 0 Å². The molecular formula is C33H30N2O6S. The highest BCUT2D eigenvalue weighted by Gasteiger charge is 2.34. The molecule has 1 heterocycles. The maximum atomic E-state index is 13.0. The zero-order valence-electron chi connectivity index (χ0n) is 23.5. The van der Waals surface area contributed by atoms with Crippen LogP contribution in [0.4, 0.5) is 10.5 Å². The summed E-state index contributed by atoms with van der Waals surface area (Å²) in [5.41, 5.74) is 3.57. The average Bonchev–Trinajstić information content (AvgIpc) is 3.25. The molecule has 0 atom stereocenters. The van der Waals surface area contributed by atoms with Crippen molar-refractivity contribution in [2.45, 2.75) is 13.8 Å². The molecule has 4 aromatic carbocycles. The highest BCUT2D eigenvalue weighted by molar-refractivity contribution is 8.18. The first-order valence-corrected chi connectivity index (χ1v) is 14.2. The lowest BCUT2D eigenvalue weighted by molar-refractivity contribution is -0.123. The highest BCUT2D eigenvalue weighted by Crippen LogP contribution is 2.35. The molecule has 9 heteroatoms. The van der Waals surface area contributed by atoms with E-state index in [0.717, 1.165) is 33.7 Å². The maximum absolute atomic E-state index is 13.0. The third-order valence-corrected chi connectivity index (χ3v) is 7.74. The molecule has 42 heavy (non-hydrogen) atoms. The third kappa shape index (κ3) is 6.58. The fourth-order valence-corrected chi connectivity index (χ4v) is 5.33. The Kier molecular flexibility index (Phi) is 8.78. The largest absolute Gasteiger partial charge is 0.493 e. The van der Waals surface area contributed by atoms with E-state index in [0.29, 0.717) is 33.4 Å². The van der Waals surface area contributed by atoms with Crippen LogP contribution in [-0.2, 0) is 9.59 Å². The summed E-state index contributed by atoms with van der Waals surface area (Å²) in [6.07, 6.45) is 1.63. The number of nitrogens with zero attached hydrogens (tertiary/aromatic N) is 1. The number of ether oxygens (including phenoxy) is 3. The second-order valence-corrected chi connectivity index (χ2v) is 10.7. The second kappa shape index (κ2) is 12.8. The first-order chi connectivity index (χ1) is 20.3. The van der Waals surface area contributed by atoms with E-state index in [9.17, 15) is 14.4 Å². The molecule has 0 aromatic heterocycles. The van der Waals surface area contributed by atoms with Crippen LogP contribution in [0.1, 0.15) is 16.7 Å². The molecule has 1 N–H and O–H groups in total. The van der Waals surface area contributed by atoms with Gasteiger partial charge in [-0.15, -0.1) is 0 Å². The van der Waals surface area contributed by atoms with Gasteiger partial charge < -0.3 is 19.5 Å². The van der Waals surface area contributed by atoms with Crippen LogP contribution in [-0.4, -0.2) is 48.8 Å². The summed E-state index contributed by atoms with van der Waals surface area (Å²) in [6, 6.07) is 24.4. The standard InChI is InChI=1S/C33H30N2O6S/c1-21-11-13-25(17-22(21)2)34-31(36)20-41-28-14-12-23(18-29(28)39-3)19-30-32(37)35(33(38)42-30)15-16-40-27-10-6-8-24-7-4-5-9-26(24)27/h4-14,17-19H,15-16,20H2,1-3H3,(H,34,36)/b30-19-. The predicted octanol–water partition coefficient (Wildman–Crippen LogP) is 6.60. The first kappa shape index (κ1) is 28.8. The lowest BCUT2D eigenvalue weighted by Crippen LogP contribution is -2.32. The van der Waals surface area contributed by atoms with E-state index in [4.69, 9.17) is 14.2 Å². The fraction of sp³-hybridized carbons (Fsp3) is 0.182. The van der Waals surface area contributed by atoms with E-state index < -0.39 is 0 Å². The van der Waals surface area contributed by atoms with Gasteiger partial charge in [0.15, 0.2) is 18.1 Å². The van der Waals surface area contributed by atoms with Crippen LogP contribution in [0, 0.1) is 13.8 Å². The van der Waals surface area contributed by atoms with Crippen molar-refractivity contribution in [2.75, 3.05) is 32.2 Å². The van der Waals surface area contributed by atoms with Gasteiger partial charge in [0.2, 0.25) is 0 Å². The molecule has 1 fully saturated rings. The van der Waals surface area contributed by atoms with Crippen molar-refractivity contribution in [1.82, 2.24) is 4.90 Å². The molecular weight excluding hydrogens is 552 g/mol. The number of fused-ring (bicyclic) bond motifs is 1. The zero-order valence-corrected chi connectivity index (χ0v) is 24.3. The summed E-state index contributed by atoms with van der Waals surface area (Å²) in [6.45, 7) is 4.09. The number of hydrogen-bond acceptors (Lipinski definition) is 7. The van der Waals surface area contributed by atoms with Crippen molar-refractivity contribution in [3.63, 3.8) is 0 Å². The Hall–Kier alpha value is -4.76. The molecule has 0 unspecified atom stereocenters. The number of carbonyl (C=O) groups is 3. The number of amides is 3. The second-order valence-electron chi connectivity index (χ2n) is 9.71. The summed E-state index contributed by atoms with van der Waals surface area (Å²) in [5.74, 6) is 0.790. The molecule has 3 amide bonds. The molecule has 1 saturated heterocycles. The van der Waals surface area contributed by atoms with Gasteiger partial charge >= 0.3 is 0 Å². The quantitative estimate of drug-likeness (QED) is 0.211. The summed E-state index contributed by atoms with van der Waals surface area (Å²) < 4.78 is 17.1. The number of anilines is 1. The van der Waals surface area contributed by atoms with E-state index in [2.05, 4.69) is 5.32 Å². The Morgan fingerprint density at radius 2 is 1.69 bits per heavy atom. The molecule has 214 valence electrons. The van der Waals surface area contributed by atoms with Crippen LogP contribution >= 0.6 is 11.8 Å². The number of methoxy groups -OCH3 is 1. The number of thioether (sulfide) groups is 1. The molecule has 0 bridgehead atoms. The smallest absolute Gasteiger partial charge is 0.293 e. The van der Waals surface area contributed by atoms with E-state index in [1.54, 1.807) is 24.3 Å². The first-order valence-electron chi connectivity index (χ1n) is 13.4. The maximum Gasteiger partial charge on any atom is 0.293 e. The summed E-state index contributed by atoms with van der Waals surface area (Å²) >= 11 is 0.878. The van der Waals surface area contributed by atoms with Crippen LogP contribution in [0.15, 0.2) is 83.8 Å². The van der Waals surface area contributed by atoms with E-state index in [1.807, 2.05) is 74.5 Å². The van der Waals surface area contributed by atoms with Gasteiger partial charge in [-0.2, -0.15) is 0 Å². The van der Waals surface area contributed by atoms with Crippen LogP contribution in [0.25, 0.3) is 16.8 Å². The third-order valence-electron chi connectivity index (χ3n) is 6.83. The van der Waals surface area contributed by atoms with Gasteiger partial charge in [0.25, 0.3) is 17.1 Å². The van der Waals surface area contributed by atoms with Gasteiger partial charge in [0.1, 0.15) is 12.4 Å². The molecule has 0 radical (unpaired) electrons. The van der Waals surface area contributed by atoms with E-state index in [1.165, 1.54) is 12.0 Å². The van der Waals surface area contributed by atoms with Crippen molar-refractivity contribution in [2.24, 2.45) is 0 Å². The van der Waals surface area contributed by atoms with Gasteiger partial charge in [-0.1, -0.05) is 48.5 Å². The molecule has 1 aliphatic heterocycles. The Balaban J connectivity index is 1.19. The van der Waals surface area contributed by atoms with Gasteiger partial charge in [-0.3, -0.25) is 19.3 Å². The molecule has 0 spiro atoms. The average molecular weight is 583 g/mol. The molecule has 5 rings (SSSR count). The van der Waals surface area contributed by atoms with Gasteiger partial charge in [0, 0.05) is 11.1 Å². The van der Waals surface area contributed by atoms with Crippen LogP contribution < -0.4 is 19.5 Å². The van der Waals surface area contributed by atoms with Crippen LogP contribution in [0.3, 0.4) is 0 Å². The Bertz CT molecular complexity index is 1690. The Labute approximate surface area is 248 Å². The predicted molar refractivity (Wildman–Crippen MR) is 165 cm³/mol. The normalized spacial score (nSPS) is 14.0. The Morgan fingerprint density at radius 1 is 0.881 bits per heavy atom. The number of carbonyl (C=O) groups excluding carboxylic acids is 3. The van der Waals surface area contributed by atoms with Gasteiger partial charge in [-0.25, -0.2) is 0 Å². The molecule has 4 aromatic rings. The SMILES string of the molecule is COc1cc(/C=C2\SC(=O)N(CCOc3cccc4ccccc34)C2=O)ccc1OCC(=O)Nc1ccc(C)c(C)c1. The van der Waals surface area contributed by atoms with Crippen molar-refractivity contribution in [3.8, 4) is 17.2 Å². The lowest BCUT2D eigenvalue weighted by atomic mass is 10.1. The minimum atomic E-state index is -0.381. The topological polar surface area (TPSA) is 94.2 Å². The minimum Gasteiger partial charge on any atom is -0.493 e. The number of hydrogen-bond donors (Lipinski definition) is 1. The van der Waals surface area contributed by atoms with Crippen molar-refractivity contribution in [1.29, 1.82) is 0 Å². The minimum absolute atomic E-state index is 0.131. The lowest BCUT2D eigenvalue weighted by Gasteiger charge is -2.14. The number of nitrogens with one attached hydrogen (secondary N) is 1. The number of imide groups is 1. The van der Waals surface area contributed by atoms with Gasteiger partial charge in [0.05, 0.1) is 18.6 Å². The monoisotopic (exact) mass is 582 g/mol. The molecule has 8 nitrogen and oxygen atoms in total. The van der Waals surface area contributed by atoms with E-state index in [-0.39, 0.29) is 36.8 Å². The Morgan fingerprint density at radius 3 is 2.50 bits per heavy atom. The molecule has 0 aliphatic carbocycles. The molecule has 0 saturated carbocycles.